The summed E-state index contributed by atoms with van der Waals surface area (Å²) in [6, 6.07) is 14.6. The molecule has 2 aromatic heterocycles. The summed E-state index contributed by atoms with van der Waals surface area (Å²) >= 11 is 0. The molecule has 1 saturated carbocycles. The van der Waals surface area contributed by atoms with Crippen LogP contribution in [0.3, 0.4) is 0 Å². The predicted molar refractivity (Wildman–Crippen MR) is 123 cm³/mol. The van der Waals surface area contributed by atoms with Crippen molar-refractivity contribution in [3.8, 4) is 0 Å². The molecule has 2 N–H and O–H groups in total. The number of rotatable bonds is 6. The van der Waals surface area contributed by atoms with Crippen LogP contribution in [-0.4, -0.2) is 33.6 Å². The Morgan fingerprint density at radius 1 is 1.11 bits per heavy atom. The Balaban J connectivity index is 0.00000225. The van der Waals surface area contributed by atoms with E-state index in [9.17, 15) is 0 Å². The number of hydrogen-bond donors (Lipinski definition) is 2. The lowest BCUT2D eigenvalue weighted by Gasteiger charge is -2.20. The lowest BCUT2D eigenvalue weighted by atomic mass is 9.92. The van der Waals surface area contributed by atoms with Crippen molar-refractivity contribution in [3.63, 3.8) is 0 Å². The fourth-order valence-corrected chi connectivity index (χ4v) is 3.60. The number of nitrogens with zero attached hydrogens (tertiary/aromatic N) is 4. The monoisotopic (exact) mass is 490 g/mol. The lowest BCUT2D eigenvalue weighted by Crippen LogP contribution is -2.41. The summed E-state index contributed by atoms with van der Waals surface area (Å²) in [6.45, 7) is 6.48. The second-order valence-electron chi connectivity index (χ2n) is 7.19. The third kappa shape index (κ3) is 4.29. The smallest absolute Gasteiger partial charge is 0.191 e. The molecule has 1 aliphatic carbocycles. The van der Waals surface area contributed by atoms with E-state index in [1.54, 1.807) is 0 Å². The standard InChI is InChI=1S/C21H26N6.HI/c1-3-22-20(23-14-19-26-25-18-10-6-7-13-27(18)19)24-15-21(11-12-21)17-9-5-4-8-16(17)2;/h4-10,13H,3,11-12,14-15H2,1-2H3,(H2,22,23,24);1H. The summed E-state index contributed by atoms with van der Waals surface area (Å²) in [6.07, 6.45) is 4.41. The molecule has 2 heterocycles. The average molecular weight is 490 g/mol. The number of pyridine rings is 1. The van der Waals surface area contributed by atoms with Gasteiger partial charge in [-0.3, -0.25) is 4.40 Å². The number of aromatic nitrogens is 3. The fourth-order valence-electron chi connectivity index (χ4n) is 3.60. The van der Waals surface area contributed by atoms with Crippen molar-refractivity contribution in [3.05, 3.63) is 65.6 Å². The van der Waals surface area contributed by atoms with Crippen LogP contribution >= 0.6 is 24.0 Å². The number of hydrogen-bond acceptors (Lipinski definition) is 3. The number of benzene rings is 1. The Hall–Kier alpha value is -2.16. The highest BCUT2D eigenvalue weighted by molar-refractivity contribution is 14.0. The molecule has 0 bridgehead atoms. The molecule has 3 aromatic rings. The Morgan fingerprint density at radius 2 is 1.89 bits per heavy atom. The van der Waals surface area contributed by atoms with Crippen LogP contribution in [0.15, 0.2) is 53.7 Å². The van der Waals surface area contributed by atoms with Gasteiger partial charge in [0.1, 0.15) is 6.54 Å². The minimum atomic E-state index is 0. The number of nitrogens with one attached hydrogen (secondary N) is 2. The predicted octanol–water partition coefficient (Wildman–Crippen LogP) is 3.44. The van der Waals surface area contributed by atoms with E-state index in [1.807, 2.05) is 28.8 Å². The molecule has 0 amide bonds. The van der Waals surface area contributed by atoms with Gasteiger partial charge in [-0.1, -0.05) is 30.3 Å². The number of aryl methyl sites for hydroxylation is 1. The third-order valence-electron chi connectivity index (χ3n) is 5.27. The molecule has 28 heavy (non-hydrogen) atoms. The van der Waals surface area contributed by atoms with Gasteiger partial charge in [0.15, 0.2) is 17.4 Å². The van der Waals surface area contributed by atoms with E-state index >= 15 is 0 Å². The topological polar surface area (TPSA) is 66.6 Å². The van der Waals surface area contributed by atoms with E-state index in [1.165, 1.54) is 24.0 Å². The van der Waals surface area contributed by atoms with Crippen molar-refractivity contribution in [1.82, 2.24) is 25.2 Å². The maximum Gasteiger partial charge on any atom is 0.191 e. The van der Waals surface area contributed by atoms with Crippen LogP contribution in [0.2, 0.25) is 0 Å². The van der Waals surface area contributed by atoms with Crippen LogP contribution in [0.5, 0.6) is 0 Å². The van der Waals surface area contributed by atoms with E-state index in [2.05, 4.69) is 58.9 Å². The van der Waals surface area contributed by atoms with Gasteiger partial charge in [-0.2, -0.15) is 0 Å². The zero-order valence-electron chi connectivity index (χ0n) is 16.4. The molecule has 148 valence electrons. The molecule has 0 spiro atoms. The van der Waals surface area contributed by atoms with Crippen molar-refractivity contribution >= 4 is 35.6 Å². The molecule has 0 aliphatic heterocycles. The summed E-state index contributed by atoms with van der Waals surface area (Å²) in [5, 5.41) is 15.3. The van der Waals surface area contributed by atoms with Crippen molar-refractivity contribution in [1.29, 1.82) is 0 Å². The van der Waals surface area contributed by atoms with Crippen LogP contribution in [0, 0.1) is 6.92 Å². The van der Waals surface area contributed by atoms with E-state index in [4.69, 9.17) is 4.99 Å². The molecule has 1 aromatic carbocycles. The van der Waals surface area contributed by atoms with Crippen LogP contribution in [0.1, 0.15) is 36.7 Å². The molecule has 1 aliphatic rings. The van der Waals surface area contributed by atoms with Crippen LogP contribution in [-0.2, 0) is 12.0 Å². The van der Waals surface area contributed by atoms with Gasteiger partial charge >= 0.3 is 0 Å². The Kier molecular flexibility index (Phi) is 6.53. The molecule has 7 heteroatoms. The van der Waals surface area contributed by atoms with Crippen LogP contribution < -0.4 is 10.6 Å². The van der Waals surface area contributed by atoms with Crippen molar-refractivity contribution in [2.24, 2.45) is 4.99 Å². The number of halogens is 1. The Morgan fingerprint density at radius 3 is 2.64 bits per heavy atom. The van der Waals surface area contributed by atoms with Gasteiger partial charge in [0.2, 0.25) is 0 Å². The number of guanidine groups is 1. The van der Waals surface area contributed by atoms with Gasteiger partial charge in [0, 0.05) is 24.7 Å². The van der Waals surface area contributed by atoms with Crippen molar-refractivity contribution in [2.75, 3.05) is 13.1 Å². The van der Waals surface area contributed by atoms with Gasteiger partial charge < -0.3 is 10.6 Å². The van der Waals surface area contributed by atoms with Crippen LogP contribution in [0.4, 0.5) is 0 Å². The SMILES string of the molecule is CCNC(=NCc1nnc2ccccn12)NCC1(c2ccccc2C)CC1.I. The van der Waals surface area contributed by atoms with Crippen molar-refractivity contribution in [2.45, 2.75) is 38.6 Å². The summed E-state index contributed by atoms with van der Waals surface area (Å²) in [7, 11) is 0. The average Bonchev–Trinajstić information content (AvgIpc) is 3.37. The molecule has 0 radical (unpaired) electrons. The molecule has 6 nitrogen and oxygen atoms in total. The Bertz CT molecular complexity index is 960. The maximum absolute atomic E-state index is 4.72. The second-order valence-corrected chi connectivity index (χ2v) is 7.19. The number of fused-ring (bicyclic) bond motifs is 1. The molecule has 4 rings (SSSR count). The maximum atomic E-state index is 4.72. The fraction of sp³-hybridized carbons (Fsp3) is 0.381. The Labute approximate surface area is 182 Å². The first-order chi connectivity index (χ1) is 13.2. The third-order valence-corrected chi connectivity index (χ3v) is 5.27. The molecular weight excluding hydrogens is 463 g/mol. The summed E-state index contributed by atoms with van der Waals surface area (Å²) in [5.74, 6) is 1.66. The quantitative estimate of drug-likeness (QED) is 0.316. The van der Waals surface area contributed by atoms with Gasteiger partial charge in [0.05, 0.1) is 0 Å². The normalized spacial score (nSPS) is 15.1. The first-order valence-corrected chi connectivity index (χ1v) is 9.59. The summed E-state index contributed by atoms with van der Waals surface area (Å²) < 4.78 is 1.97. The van der Waals surface area contributed by atoms with E-state index < -0.39 is 0 Å². The van der Waals surface area contributed by atoms with E-state index in [-0.39, 0.29) is 29.4 Å². The molecule has 1 fully saturated rings. The lowest BCUT2D eigenvalue weighted by molar-refractivity contribution is 0.641. The summed E-state index contributed by atoms with van der Waals surface area (Å²) in [5.41, 5.74) is 3.91. The van der Waals surface area contributed by atoms with Crippen molar-refractivity contribution < 1.29 is 0 Å². The largest absolute Gasteiger partial charge is 0.357 e. The molecule has 0 unspecified atom stereocenters. The minimum absolute atomic E-state index is 0. The highest BCUT2D eigenvalue weighted by Crippen LogP contribution is 2.48. The number of aliphatic imine (C=N–C) groups is 1. The van der Waals surface area contributed by atoms with Gasteiger partial charge in [-0.05, 0) is 49.9 Å². The molecule has 0 atom stereocenters. The van der Waals surface area contributed by atoms with Gasteiger partial charge in [-0.25, -0.2) is 4.99 Å². The van der Waals surface area contributed by atoms with Gasteiger partial charge in [-0.15, -0.1) is 34.2 Å². The minimum Gasteiger partial charge on any atom is -0.357 e. The van der Waals surface area contributed by atoms with E-state index in [0.29, 0.717) is 6.54 Å². The highest BCUT2D eigenvalue weighted by Gasteiger charge is 2.44. The zero-order chi connectivity index (χ0) is 18.7. The highest BCUT2D eigenvalue weighted by atomic mass is 127. The second kappa shape index (κ2) is 8.89. The van der Waals surface area contributed by atoms with E-state index in [0.717, 1.165) is 30.5 Å². The van der Waals surface area contributed by atoms with Crippen LogP contribution in [0.25, 0.3) is 5.65 Å². The first-order valence-electron chi connectivity index (χ1n) is 9.59. The zero-order valence-corrected chi connectivity index (χ0v) is 18.7. The van der Waals surface area contributed by atoms with Gasteiger partial charge in [0.25, 0.3) is 0 Å². The molecular formula is C21H27IN6. The molecule has 0 saturated heterocycles. The first kappa shape index (κ1) is 20.6. The summed E-state index contributed by atoms with van der Waals surface area (Å²) in [4.78, 5) is 4.72.